The summed E-state index contributed by atoms with van der Waals surface area (Å²) in [7, 11) is 0. The van der Waals surface area contributed by atoms with Crippen LogP contribution in [0.3, 0.4) is 0 Å². The maximum atomic E-state index is 12.3. The van der Waals surface area contributed by atoms with E-state index in [1.807, 2.05) is 42.5 Å². The number of carbonyl (C=O) groups is 1. The molecule has 5 nitrogen and oxygen atoms in total. The number of benzene rings is 2. The molecule has 138 valence electrons. The molecule has 1 amide bonds. The Kier molecular flexibility index (Phi) is 6.39. The molecule has 0 unspecified atom stereocenters. The molecule has 2 aromatic carbocycles. The van der Waals surface area contributed by atoms with Gasteiger partial charge in [0, 0.05) is 24.7 Å². The van der Waals surface area contributed by atoms with Crippen LogP contribution in [0.15, 0.2) is 66.7 Å². The molecule has 3 aromatic rings. The van der Waals surface area contributed by atoms with Crippen LogP contribution in [-0.2, 0) is 13.1 Å². The molecule has 1 N–H and O–H groups in total. The highest BCUT2D eigenvalue weighted by molar-refractivity contribution is 6.31. The van der Waals surface area contributed by atoms with Crippen molar-refractivity contribution in [1.29, 1.82) is 0 Å². The van der Waals surface area contributed by atoms with Gasteiger partial charge in [-0.1, -0.05) is 60.1 Å². The van der Waals surface area contributed by atoms with E-state index in [-0.39, 0.29) is 11.6 Å². The van der Waals surface area contributed by atoms with Gasteiger partial charge in [0.15, 0.2) is 11.5 Å². The number of nitrogens with zero attached hydrogens (tertiary/aromatic N) is 3. The fourth-order valence-electron chi connectivity index (χ4n) is 2.68. The molecule has 0 aliphatic rings. The molecule has 27 heavy (non-hydrogen) atoms. The molecule has 0 spiro atoms. The van der Waals surface area contributed by atoms with Gasteiger partial charge in [-0.05, 0) is 36.2 Å². The van der Waals surface area contributed by atoms with Crippen molar-refractivity contribution in [2.24, 2.45) is 0 Å². The van der Waals surface area contributed by atoms with Crippen molar-refractivity contribution in [3.63, 3.8) is 0 Å². The van der Waals surface area contributed by atoms with E-state index in [1.165, 1.54) is 5.56 Å². The summed E-state index contributed by atoms with van der Waals surface area (Å²) in [5, 5.41) is 11.8. The molecule has 0 aliphatic carbocycles. The lowest BCUT2D eigenvalue weighted by molar-refractivity contribution is 0.0945. The van der Waals surface area contributed by atoms with E-state index in [2.05, 4.69) is 39.5 Å². The smallest absolute Gasteiger partial charge is 0.272 e. The summed E-state index contributed by atoms with van der Waals surface area (Å²) in [6, 6.07) is 21.1. The van der Waals surface area contributed by atoms with Gasteiger partial charge in [-0.25, -0.2) is 0 Å². The third-order valence-electron chi connectivity index (χ3n) is 4.20. The van der Waals surface area contributed by atoms with E-state index >= 15 is 0 Å². The Balaban J connectivity index is 1.63. The first kappa shape index (κ1) is 18.9. The topological polar surface area (TPSA) is 58.1 Å². The van der Waals surface area contributed by atoms with Crippen LogP contribution in [0, 0.1) is 0 Å². The van der Waals surface area contributed by atoms with Gasteiger partial charge in [-0.3, -0.25) is 4.79 Å². The number of rotatable bonds is 7. The SMILES string of the molecule is CCN(Cc1ccccc1)c1ccc(C(=O)NCc2ccccc2Cl)nn1. The Bertz CT molecular complexity index is 884. The number of halogens is 1. The third-order valence-corrected chi connectivity index (χ3v) is 4.57. The van der Waals surface area contributed by atoms with Gasteiger partial charge >= 0.3 is 0 Å². The Hall–Kier alpha value is -2.92. The van der Waals surface area contributed by atoms with Crippen LogP contribution in [0.5, 0.6) is 0 Å². The summed E-state index contributed by atoms with van der Waals surface area (Å²) in [6.07, 6.45) is 0. The maximum Gasteiger partial charge on any atom is 0.272 e. The molecule has 3 rings (SSSR count). The minimum atomic E-state index is -0.278. The number of nitrogens with one attached hydrogen (secondary N) is 1. The molecular formula is C21H21ClN4O. The summed E-state index contributed by atoms with van der Waals surface area (Å²) in [6.45, 7) is 3.94. The summed E-state index contributed by atoms with van der Waals surface area (Å²) < 4.78 is 0. The third kappa shape index (κ3) is 5.05. The van der Waals surface area contributed by atoms with E-state index in [1.54, 1.807) is 12.1 Å². The van der Waals surface area contributed by atoms with Gasteiger partial charge in [0.25, 0.3) is 5.91 Å². The van der Waals surface area contributed by atoms with Crippen LogP contribution >= 0.6 is 11.6 Å². The van der Waals surface area contributed by atoms with Crippen molar-refractivity contribution in [3.05, 3.63) is 88.6 Å². The number of amides is 1. The first-order chi connectivity index (χ1) is 13.2. The highest BCUT2D eigenvalue weighted by Crippen LogP contribution is 2.15. The zero-order valence-corrected chi connectivity index (χ0v) is 15.9. The van der Waals surface area contributed by atoms with E-state index in [9.17, 15) is 4.79 Å². The lowest BCUT2D eigenvalue weighted by atomic mass is 10.2. The molecule has 0 bridgehead atoms. The number of hydrogen-bond acceptors (Lipinski definition) is 4. The average molecular weight is 381 g/mol. The first-order valence-corrected chi connectivity index (χ1v) is 9.19. The fourth-order valence-corrected chi connectivity index (χ4v) is 2.88. The molecule has 0 radical (unpaired) electrons. The molecule has 0 atom stereocenters. The van der Waals surface area contributed by atoms with Crippen molar-refractivity contribution >= 4 is 23.3 Å². The van der Waals surface area contributed by atoms with Crippen LogP contribution in [0.1, 0.15) is 28.5 Å². The second-order valence-electron chi connectivity index (χ2n) is 6.05. The van der Waals surface area contributed by atoms with Crippen LogP contribution in [0.2, 0.25) is 5.02 Å². The normalized spacial score (nSPS) is 10.4. The molecule has 1 aromatic heterocycles. The standard InChI is InChI=1S/C21H21ClN4O/c1-2-26(15-16-8-4-3-5-9-16)20-13-12-19(24-25-20)21(27)23-14-17-10-6-7-11-18(17)22/h3-13H,2,14-15H2,1H3,(H,23,27). The van der Waals surface area contributed by atoms with Crippen molar-refractivity contribution in [3.8, 4) is 0 Å². The van der Waals surface area contributed by atoms with Crippen LogP contribution < -0.4 is 10.2 Å². The van der Waals surface area contributed by atoms with Crippen molar-refractivity contribution in [2.45, 2.75) is 20.0 Å². The lowest BCUT2D eigenvalue weighted by Crippen LogP contribution is -2.26. The van der Waals surface area contributed by atoms with Gasteiger partial charge in [0.1, 0.15) is 0 Å². The predicted molar refractivity (Wildman–Crippen MR) is 108 cm³/mol. The summed E-state index contributed by atoms with van der Waals surface area (Å²) in [5.41, 5.74) is 2.33. The second kappa shape index (κ2) is 9.14. The van der Waals surface area contributed by atoms with Crippen LogP contribution in [-0.4, -0.2) is 22.6 Å². The molecule has 0 saturated carbocycles. The predicted octanol–water partition coefficient (Wildman–Crippen LogP) is 4.09. The highest BCUT2D eigenvalue weighted by Gasteiger charge is 2.12. The van der Waals surface area contributed by atoms with E-state index in [0.717, 1.165) is 24.5 Å². The van der Waals surface area contributed by atoms with Crippen molar-refractivity contribution < 1.29 is 4.79 Å². The number of aromatic nitrogens is 2. The molecule has 0 aliphatic heterocycles. The van der Waals surface area contributed by atoms with Crippen LogP contribution in [0.4, 0.5) is 5.82 Å². The molecule has 6 heteroatoms. The van der Waals surface area contributed by atoms with Crippen molar-refractivity contribution in [2.75, 3.05) is 11.4 Å². The van der Waals surface area contributed by atoms with Gasteiger partial charge in [-0.2, -0.15) is 0 Å². The Labute approximate surface area is 164 Å². The minimum Gasteiger partial charge on any atom is -0.351 e. The quantitative estimate of drug-likeness (QED) is 0.670. The van der Waals surface area contributed by atoms with Crippen LogP contribution in [0.25, 0.3) is 0 Å². The summed E-state index contributed by atoms with van der Waals surface area (Å²) >= 11 is 6.11. The number of hydrogen-bond donors (Lipinski definition) is 1. The molecule has 0 fully saturated rings. The monoisotopic (exact) mass is 380 g/mol. The maximum absolute atomic E-state index is 12.3. The van der Waals surface area contributed by atoms with Gasteiger partial charge in [-0.15, -0.1) is 10.2 Å². The number of carbonyl (C=O) groups excluding carboxylic acids is 1. The summed E-state index contributed by atoms with van der Waals surface area (Å²) in [5.74, 6) is 0.462. The van der Waals surface area contributed by atoms with Gasteiger partial charge in [0.2, 0.25) is 0 Å². The zero-order valence-electron chi connectivity index (χ0n) is 15.1. The van der Waals surface area contributed by atoms with E-state index in [4.69, 9.17) is 11.6 Å². The fraction of sp³-hybridized carbons (Fsp3) is 0.190. The molecule has 1 heterocycles. The van der Waals surface area contributed by atoms with E-state index in [0.29, 0.717) is 11.6 Å². The second-order valence-corrected chi connectivity index (χ2v) is 6.46. The largest absolute Gasteiger partial charge is 0.351 e. The van der Waals surface area contributed by atoms with Crippen molar-refractivity contribution in [1.82, 2.24) is 15.5 Å². The first-order valence-electron chi connectivity index (χ1n) is 8.81. The van der Waals surface area contributed by atoms with Gasteiger partial charge < -0.3 is 10.2 Å². The zero-order chi connectivity index (χ0) is 19.1. The summed E-state index contributed by atoms with van der Waals surface area (Å²) in [4.78, 5) is 14.4. The average Bonchev–Trinajstić information content (AvgIpc) is 2.72. The highest BCUT2D eigenvalue weighted by atomic mass is 35.5. The van der Waals surface area contributed by atoms with E-state index < -0.39 is 0 Å². The Morgan fingerprint density at radius 3 is 2.41 bits per heavy atom. The minimum absolute atomic E-state index is 0.278. The number of anilines is 1. The lowest BCUT2D eigenvalue weighted by Gasteiger charge is -2.21. The molecule has 0 saturated heterocycles. The van der Waals surface area contributed by atoms with Gasteiger partial charge in [0.05, 0.1) is 0 Å². The molecular weight excluding hydrogens is 360 g/mol. The Morgan fingerprint density at radius 1 is 1.00 bits per heavy atom. The Morgan fingerprint density at radius 2 is 1.74 bits per heavy atom.